The van der Waals surface area contributed by atoms with E-state index in [2.05, 4.69) is 24.0 Å². The van der Waals surface area contributed by atoms with Crippen LogP contribution in [0.3, 0.4) is 0 Å². The Morgan fingerprint density at radius 1 is 1.16 bits per heavy atom. The number of amides is 1. The van der Waals surface area contributed by atoms with Crippen LogP contribution >= 0.6 is 0 Å². The van der Waals surface area contributed by atoms with Crippen molar-refractivity contribution in [1.82, 2.24) is 19.7 Å². The second-order valence-corrected chi connectivity index (χ2v) is 7.88. The molecule has 2 fully saturated rings. The highest BCUT2D eigenvalue weighted by Crippen LogP contribution is 2.65. The Kier molecular flexibility index (Phi) is 3.67. The van der Waals surface area contributed by atoms with Gasteiger partial charge < -0.3 is 9.47 Å². The molecule has 1 aromatic carbocycles. The van der Waals surface area contributed by atoms with Gasteiger partial charge in [0.05, 0.1) is 5.41 Å². The van der Waals surface area contributed by atoms with Crippen molar-refractivity contribution in [3.63, 3.8) is 0 Å². The number of hydrogen-bond acceptors (Lipinski definition) is 3. The second kappa shape index (κ2) is 5.64. The van der Waals surface area contributed by atoms with Crippen LogP contribution in [0, 0.1) is 11.2 Å². The number of nitrogens with zero attached hydrogens (tertiary/aromatic N) is 4. The van der Waals surface area contributed by atoms with Crippen molar-refractivity contribution in [2.75, 3.05) is 13.1 Å². The van der Waals surface area contributed by atoms with Crippen molar-refractivity contribution in [1.29, 1.82) is 0 Å². The molecule has 132 valence electrons. The molecule has 2 heterocycles. The van der Waals surface area contributed by atoms with Crippen molar-refractivity contribution in [2.24, 2.45) is 5.41 Å². The van der Waals surface area contributed by atoms with Crippen molar-refractivity contribution in [3.05, 3.63) is 48.3 Å². The summed E-state index contributed by atoms with van der Waals surface area (Å²) in [4.78, 5) is 15.3. The topological polar surface area (TPSA) is 51.0 Å². The molecule has 4 rings (SSSR count). The first-order valence-corrected chi connectivity index (χ1v) is 8.84. The zero-order valence-corrected chi connectivity index (χ0v) is 14.7. The molecule has 1 amide bonds. The first kappa shape index (κ1) is 16.2. The van der Waals surface area contributed by atoms with Gasteiger partial charge in [-0.3, -0.25) is 4.79 Å². The molecule has 1 saturated carbocycles. The van der Waals surface area contributed by atoms with Crippen molar-refractivity contribution < 1.29 is 9.18 Å². The van der Waals surface area contributed by atoms with E-state index in [0.29, 0.717) is 31.1 Å². The summed E-state index contributed by atoms with van der Waals surface area (Å²) in [5.74, 6) is -0.203. The lowest BCUT2D eigenvalue weighted by Crippen LogP contribution is -2.46. The highest BCUT2D eigenvalue weighted by molar-refractivity contribution is 5.93. The van der Waals surface area contributed by atoms with E-state index >= 15 is 0 Å². The van der Waals surface area contributed by atoms with Gasteiger partial charge in [0, 0.05) is 24.7 Å². The molecular weight excluding hydrogens is 319 g/mol. The third-order valence-corrected chi connectivity index (χ3v) is 6.05. The Morgan fingerprint density at radius 3 is 2.32 bits per heavy atom. The summed E-state index contributed by atoms with van der Waals surface area (Å²) in [7, 11) is 0. The van der Waals surface area contributed by atoms with Crippen LogP contribution in [0.1, 0.15) is 44.7 Å². The molecule has 2 aromatic rings. The second-order valence-electron chi connectivity index (χ2n) is 7.88. The van der Waals surface area contributed by atoms with Crippen molar-refractivity contribution >= 4 is 5.91 Å². The lowest BCUT2D eigenvalue weighted by atomic mass is 9.85. The highest BCUT2D eigenvalue weighted by atomic mass is 19.1. The maximum Gasteiger partial charge on any atom is 0.233 e. The van der Waals surface area contributed by atoms with Gasteiger partial charge in [0.1, 0.15) is 18.5 Å². The van der Waals surface area contributed by atoms with Crippen molar-refractivity contribution in [3.8, 4) is 0 Å². The molecule has 0 N–H and O–H groups in total. The van der Waals surface area contributed by atoms with Crippen LogP contribution in [-0.4, -0.2) is 38.7 Å². The first-order chi connectivity index (χ1) is 12.0. The zero-order chi connectivity index (χ0) is 17.7. The number of piperidine rings is 1. The Balaban J connectivity index is 1.55. The minimum absolute atomic E-state index is 0.0739. The van der Waals surface area contributed by atoms with E-state index in [1.165, 1.54) is 6.07 Å². The van der Waals surface area contributed by atoms with E-state index in [9.17, 15) is 9.18 Å². The first-order valence-electron chi connectivity index (χ1n) is 8.84. The molecule has 0 bridgehead atoms. The van der Waals surface area contributed by atoms with Gasteiger partial charge in [0.25, 0.3) is 0 Å². The third kappa shape index (κ3) is 2.46. The van der Waals surface area contributed by atoms with Crippen LogP contribution in [0.4, 0.5) is 4.39 Å². The van der Waals surface area contributed by atoms with E-state index in [1.807, 2.05) is 15.5 Å². The number of rotatable bonds is 3. The number of likely N-dealkylation sites (tertiary alicyclic amines) is 1. The van der Waals surface area contributed by atoms with Gasteiger partial charge in [0.2, 0.25) is 5.91 Å². The average molecular weight is 342 g/mol. The average Bonchev–Trinajstić information content (AvgIpc) is 2.98. The fourth-order valence-corrected chi connectivity index (χ4v) is 4.40. The smallest absolute Gasteiger partial charge is 0.233 e. The van der Waals surface area contributed by atoms with Gasteiger partial charge in [-0.15, -0.1) is 10.2 Å². The molecular formula is C19H23FN4O. The van der Waals surface area contributed by atoms with Crippen LogP contribution in [0.25, 0.3) is 0 Å². The molecule has 1 aromatic heterocycles. The van der Waals surface area contributed by atoms with Crippen LogP contribution in [-0.2, 0) is 10.2 Å². The number of carbonyl (C=O) groups is 1. The minimum atomic E-state index is -0.720. The lowest BCUT2D eigenvalue weighted by Gasteiger charge is -2.36. The molecule has 25 heavy (non-hydrogen) atoms. The zero-order valence-electron chi connectivity index (χ0n) is 14.7. The molecule has 1 atom stereocenters. The SMILES string of the molecule is CC1(C)C[C@@]1(C(=O)N1CCC(n2cnnc2)CC1)c1ccccc1F. The number of benzene rings is 1. The molecule has 0 radical (unpaired) electrons. The molecule has 0 unspecified atom stereocenters. The van der Waals surface area contributed by atoms with Gasteiger partial charge in [-0.25, -0.2) is 4.39 Å². The quantitative estimate of drug-likeness (QED) is 0.862. The molecule has 6 heteroatoms. The van der Waals surface area contributed by atoms with E-state index in [0.717, 1.165) is 12.8 Å². The lowest BCUT2D eigenvalue weighted by molar-refractivity contribution is -0.136. The van der Waals surface area contributed by atoms with Gasteiger partial charge >= 0.3 is 0 Å². The number of aromatic nitrogens is 3. The fourth-order valence-electron chi connectivity index (χ4n) is 4.40. The maximum atomic E-state index is 14.5. The molecule has 2 aliphatic rings. The molecule has 1 aliphatic heterocycles. The maximum absolute atomic E-state index is 14.5. The minimum Gasteiger partial charge on any atom is -0.342 e. The number of hydrogen-bond donors (Lipinski definition) is 0. The van der Waals surface area contributed by atoms with Crippen molar-refractivity contribution in [2.45, 2.75) is 44.6 Å². The van der Waals surface area contributed by atoms with E-state index in [-0.39, 0.29) is 17.1 Å². The number of carbonyl (C=O) groups excluding carboxylic acids is 1. The predicted octanol–water partition coefficient (Wildman–Crippen LogP) is 2.95. The third-order valence-electron chi connectivity index (χ3n) is 6.05. The fraction of sp³-hybridized carbons (Fsp3) is 0.526. The summed E-state index contributed by atoms with van der Waals surface area (Å²) in [5.41, 5.74) is -0.384. The largest absolute Gasteiger partial charge is 0.342 e. The summed E-state index contributed by atoms with van der Waals surface area (Å²) < 4.78 is 16.5. The predicted molar refractivity (Wildman–Crippen MR) is 91.3 cm³/mol. The Morgan fingerprint density at radius 2 is 1.76 bits per heavy atom. The Labute approximate surface area is 146 Å². The van der Waals surface area contributed by atoms with E-state index in [4.69, 9.17) is 0 Å². The summed E-state index contributed by atoms with van der Waals surface area (Å²) in [6.45, 7) is 5.49. The van der Waals surface area contributed by atoms with Crippen LogP contribution in [0.2, 0.25) is 0 Å². The number of halogens is 1. The normalized spacial score (nSPS) is 25.8. The Hall–Kier alpha value is -2.24. The molecule has 0 spiro atoms. The van der Waals surface area contributed by atoms with E-state index in [1.54, 1.807) is 24.8 Å². The summed E-state index contributed by atoms with van der Waals surface area (Å²) in [5, 5.41) is 7.72. The molecule has 1 saturated heterocycles. The summed E-state index contributed by atoms with van der Waals surface area (Å²) >= 11 is 0. The van der Waals surface area contributed by atoms with E-state index < -0.39 is 5.41 Å². The molecule has 5 nitrogen and oxygen atoms in total. The highest BCUT2D eigenvalue weighted by Gasteiger charge is 2.68. The summed E-state index contributed by atoms with van der Waals surface area (Å²) in [6, 6.07) is 7.05. The molecule has 1 aliphatic carbocycles. The van der Waals surface area contributed by atoms with Gasteiger partial charge in [-0.05, 0) is 30.7 Å². The van der Waals surface area contributed by atoms with Crippen LogP contribution in [0.5, 0.6) is 0 Å². The monoisotopic (exact) mass is 342 g/mol. The van der Waals surface area contributed by atoms with Gasteiger partial charge in [-0.2, -0.15) is 0 Å². The Bertz CT molecular complexity index is 780. The standard InChI is InChI=1S/C19H23FN4O/c1-18(2)11-19(18,15-5-3-4-6-16(15)20)17(25)23-9-7-14(8-10-23)24-12-21-22-13-24/h3-6,12-14H,7-11H2,1-2H3/t19-/m0/s1. The summed E-state index contributed by atoms with van der Waals surface area (Å²) in [6.07, 6.45) is 5.90. The van der Waals surface area contributed by atoms with Crippen LogP contribution in [0.15, 0.2) is 36.9 Å². The van der Waals surface area contributed by atoms with Crippen LogP contribution < -0.4 is 0 Å². The van der Waals surface area contributed by atoms with Gasteiger partial charge in [0.15, 0.2) is 0 Å². The van der Waals surface area contributed by atoms with Gasteiger partial charge in [-0.1, -0.05) is 32.0 Å².